The molecule has 18 heavy (non-hydrogen) atoms. The van der Waals surface area contributed by atoms with Crippen molar-refractivity contribution in [3.05, 3.63) is 29.8 Å². The van der Waals surface area contributed by atoms with Gasteiger partial charge in [0.15, 0.2) is 0 Å². The van der Waals surface area contributed by atoms with Crippen molar-refractivity contribution < 1.29 is 9.59 Å². The highest BCUT2D eigenvalue weighted by atomic mass is 16.2. The lowest BCUT2D eigenvalue weighted by Crippen LogP contribution is -2.26. The minimum Gasteiger partial charge on any atom is -0.376 e. The molecule has 0 heterocycles. The molecule has 5 heteroatoms. The van der Waals surface area contributed by atoms with Gasteiger partial charge in [-0.3, -0.25) is 9.59 Å². The summed E-state index contributed by atoms with van der Waals surface area (Å²) in [7, 11) is 1.59. The van der Waals surface area contributed by atoms with E-state index < -0.39 is 0 Å². The van der Waals surface area contributed by atoms with E-state index >= 15 is 0 Å². The fourth-order valence-electron chi connectivity index (χ4n) is 1.35. The predicted octanol–water partition coefficient (Wildman–Crippen LogP) is 0.984. The van der Waals surface area contributed by atoms with Crippen LogP contribution in [0.1, 0.15) is 23.7 Å². The minimum atomic E-state index is -0.0836. The van der Waals surface area contributed by atoms with E-state index in [1.165, 1.54) is 0 Å². The Labute approximate surface area is 107 Å². The Kier molecular flexibility index (Phi) is 5.70. The SMILES string of the molecule is CCCNC(=O)c1ccc(NCC(=O)NC)cc1. The van der Waals surface area contributed by atoms with Gasteiger partial charge in [-0.05, 0) is 30.7 Å². The van der Waals surface area contributed by atoms with Crippen LogP contribution in [0, 0.1) is 0 Å². The summed E-state index contributed by atoms with van der Waals surface area (Å²) in [6.45, 7) is 2.90. The first-order valence-electron chi connectivity index (χ1n) is 6.00. The third-order valence-electron chi connectivity index (χ3n) is 2.41. The Morgan fingerprint density at radius 1 is 1.17 bits per heavy atom. The van der Waals surface area contributed by atoms with Crippen molar-refractivity contribution >= 4 is 17.5 Å². The average Bonchev–Trinajstić information content (AvgIpc) is 2.42. The van der Waals surface area contributed by atoms with Gasteiger partial charge < -0.3 is 16.0 Å². The zero-order valence-electron chi connectivity index (χ0n) is 10.7. The van der Waals surface area contributed by atoms with E-state index in [1.807, 2.05) is 6.92 Å². The number of nitrogens with one attached hydrogen (secondary N) is 3. The Bertz CT molecular complexity index is 401. The van der Waals surface area contributed by atoms with Gasteiger partial charge in [-0.2, -0.15) is 0 Å². The largest absolute Gasteiger partial charge is 0.376 e. The fraction of sp³-hybridized carbons (Fsp3) is 0.385. The van der Waals surface area contributed by atoms with Crippen molar-refractivity contribution in [3.8, 4) is 0 Å². The molecule has 0 unspecified atom stereocenters. The minimum absolute atomic E-state index is 0.0744. The molecule has 0 spiro atoms. The summed E-state index contributed by atoms with van der Waals surface area (Å²) in [6.07, 6.45) is 0.914. The molecular weight excluding hydrogens is 230 g/mol. The second-order valence-corrected chi connectivity index (χ2v) is 3.86. The fourth-order valence-corrected chi connectivity index (χ4v) is 1.35. The van der Waals surface area contributed by atoms with Crippen molar-refractivity contribution in [3.63, 3.8) is 0 Å². The summed E-state index contributed by atoms with van der Waals surface area (Å²) in [6, 6.07) is 7.03. The molecule has 0 saturated heterocycles. The maximum Gasteiger partial charge on any atom is 0.251 e. The van der Waals surface area contributed by atoms with Gasteiger partial charge in [0.05, 0.1) is 6.54 Å². The number of hydrogen-bond acceptors (Lipinski definition) is 3. The molecule has 0 aliphatic carbocycles. The van der Waals surface area contributed by atoms with Crippen LogP contribution in [0.4, 0.5) is 5.69 Å². The van der Waals surface area contributed by atoms with E-state index in [0.717, 1.165) is 12.1 Å². The number of amides is 2. The molecule has 98 valence electrons. The summed E-state index contributed by atoms with van der Waals surface area (Å²) < 4.78 is 0. The van der Waals surface area contributed by atoms with Crippen LogP contribution in [0.25, 0.3) is 0 Å². The lowest BCUT2D eigenvalue weighted by atomic mass is 10.2. The molecule has 5 nitrogen and oxygen atoms in total. The van der Waals surface area contributed by atoms with Crippen LogP contribution < -0.4 is 16.0 Å². The van der Waals surface area contributed by atoms with Crippen molar-refractivity contribution in [2.45, 2.75) is 13.3 Å². The predicted molar refractivity (Wildman–Crippen MR) is 71.6 cm³/mol. The summed E-state index contributed by atoms with van der Waals surface area (Å²) in [5.41, 5.74) is 1.43. The van der Waals surface area contributed by atoms with Crippen LogP contribution in [-0.4, -0.2) is 32.0 Å². The molecule has 0 aromatic heterocycles. The lowest BCUT2D eigenvalue weighted by molar-refractivity contribution is -0.118. The Morgan fingerprint density at radius 2 is 1.83 bits per heavy atom. The van der Waals surface area contributed by atoms with E-state index in [0.29, 0.717) is 12.1 Å². The smallest absolute Gasteiger partial charge is 0.251 e. The summed E-state index contributed by atoms with van der Waals surface area (Å²) in [4.78, 5) is 22.7. The van der Waals surface area contributed by atoms with Crippen LogP contribution in [0.15, 0.2) is 24.3 Å². The number of rotatable bonds is 6. The van der Waals surface area contributed by atoms with Crippen LogP contribution in [0.5, 0.6) is 0 Å². The standard InChI is InChI=1S/C13H19N3O2/c1-3-8-15-13(18)10-4-6-11(7-5-10)16-9-12(17)14-2/h4-7,16H,3,8-9H2,1-2H3,(H,14,17)(H,15,18). The number of carbonyl (C=O) groups is 2. The second kappa shape index (κ2) is 7.32. The topological polar surface area (TPSA) is 70.2 Å². The second-order valence-electron chi connectivity index (χ2n) is 3.86. The number of carbonyl (C=O) groups excluding carboxylic acids is 2. The number of anilines is 1. The van der Waals surface area contributed by atoms with E-state index in [1.54, 1.807) is 31.3 Å². The highest BCUT2D eigenvalue weighted by molar-refractivity contribution is 5.94. The van der Waals surface area contributed by atoms with Gasteiger partial charge in [0, 0.05) is 24.8 Å². The molecule has 0 saturated carbocycles. The first-order valence-corrected chi connectivity index (χ1v) is 6.00. The molecule has 3 N–H and O–H groups in total. The Morgan fingerprint density at radius 3 is 2.39 bits per heavy atom. The highest BCUT2D eigenvalue weighted by Gasteiger charge is 2.04. The summed E-state index contributed by atoms with van der Waals surface area (Å²) >= 11 is 0. The number of benzene rings is 1. The highest BCUT2D eigenvalue weighted by Crippen LogP contribution is 2.09. The van der Waals surface area contributed by atoms with Gasteiger partial charge in [-0.25, -0.2) is 0 Å². The van der Waals surface area contributed by atoms with Gasteiger partial charge in [0.1, 0.15) is 0 Å². The molecule has 0 fully saturated rings. The maximum atomic E-state index is 11.6. The normalized spacial score (nSPS) is 9.67. The van der Waals surface area contributed by atoms with Crippen molar-refractivity contribution in [1.29, 1.82) is 0 Å². The summed E-state index contributed by atoms with van der Waals surface area (Å²) in [5.74, 6) is -0.158. The molecule has 1 rings (SSSR count). The molecule has 1 aromatic carbocycles. The quantitative estimate of drug-likeness (QED) is 0.704. The average molecular weight is 249 g/mol. The monoisotopic (exact) mass is 249 g/mol. The van der Waals surface area contributed by atoms with Crippen molar-refractivity contribution in [1.82, 2.24) is 10.6 Å². The lowest BCUT2D eigenvalue weighted by Gasteiger charge is -2.07. The van der Waals surface area contributed by atoms with E-state index in [4.69, 9.17) is 0 Å². The summed E-state index contributed by atoms with van der Waals surface area (Å²) in [5, 5.41) is 8.29. The molecule has 0 aliphatic rings. The molecule has 1 aromatic rings. The van der Waals surface area contributed by atoms with Gasteiger partial charge in [0.25, 0.3) is 5.91 Å². The van der Waals surface area contributed by atoms with Crippen LogP contribution in [0.3, 0.4) is 0 Å². The third kappa shape index (κ3) is 4.45. The first kappa shape index (κ1) is 14.0. The first-order chi connectivity index (χ1) is 8.67. The third-order valence-corrected chi connectivity index (χ3v) is 2.41. The number of likely N-dealkylation sites (N-methyl/N-ethyl adjacent to an activating group) is 1. The maximum absolute atomic E-state index is 11.6. The van der Waals surface area contributed by atoms with Gasteiger partial charge in [-0.1, -0.05) is 6.92 Å². The molecule has 0 radical (unpaired) electrons. The van der Waals surface area contributed by atoms with Crippen LogP contribution in [0.2, 0.25) is 0 Å². The van der Waals surface area contributed by atoms with Crippen LogP contribution in [-0.2, 0) is 4.79 Å². The van der Waals surface area contributed by atoms with Crippen molar-refractivity contribution in [2.24, 2.45) is 0 Å². The van der Waals surface area contributed by atoms with E-state index in [9.17, 15) is 9.59 Å². The van der Waals surface area contributed by atoms with Gasteiger partial charge in [0.2, 0.25) is 5.91 Å². The van der Waals surface area contributed by atoms with E-state index in [2.05, 4.69) is 16.0 Å². The van der Waals surface area contributed by atoms with Crippen LogP contribution >= 0.6 is 0 Å². The Hall–Kier alpha value is -2.04. The van der Waals surface area contributed by atoms with E-state index in [-0.39, 0.29) is 18.4 Å². The Balaban J connectivity index is 2.51. The zero-order valence-corrected chi connectivity index (χ0v) is 10.7. The molecule has 2 amide bonds. The molecule has 0 bridgehead atoms. The number of hydrogen-bond donors (Lipinski definition) is 3. The van der Waals surface area contributed by atoms with Crippen molar-refractivity contribution in [2.75, 3.05) is 25.5 Å². The molecule has 0 atom stereocenters. The van der Waals surface area contributed by atoms with Gasteiger partial charge >= 0.3 is 0 Å². The molecule has 0 aliphatic heterocycles. The molecular formula is C13H19N3O2. The zero-order chi connectivity index (χ0) is 13.4. The van der Waals surface area contributed by atoms with Gasteiger partial charge in [-0.15, -0.1) is 0 Å².